The molecule has 1 aromatic carbocycles. The Labute approximate surface area is 236 Å². The molecule has 7 nitrogen and oxygen atoms in total. The molecule has 9 heteroatoms. The molecular formula is C31H32FN3O4S. The largest absolute Gasteiger partial charge is 0.453 e. The van der Waals surface area contributed by atoms with E-state index in [0.717, 1.165) is 52.2 Å². The van der Waals surface area contributed by atoms with Crippen LogP contribution in [-0.2, 0) is 27.3 Å². The van der Waals surface area contributed by atoms with Crippen molar-refractivity contribution in [3.05, 3.63) is 71.8 Å². The maximum Gasteiger partial charge on any atom is 0.166 e. The summed E-state index contributed by atoms with van der Waals surface area (Å²) in [4.78, 5) is 34.5. The van der Waals surface area contributed by atoms with Gasteiger partial charge >= 0.3 is 0 Å². The number of benzene rings is 1. The van der Waals surface area contributed by atoms with Gasteiger partial charge in [0.05, 0.1) is 33.8 Å². The van der Waals surface area contributed by atoms with E-state index in [0.29, 0.717) is 36.8 Å². The summed E-state index contributed by atoms with van der Waals surface area (Å²) in [5.74, 6) is 0.206. The molecule has 0 saturated heterocycles. The maximum absolute atomic E-state index is 15.0. The minimum absolute atomic E-state index is 0.0201. The minimum Gasteiger partial charge on any atom is -0.453 e. The van der Waals surface area contributed by atoms with Crippen molar-refractivity contribution in [2.45, 2.75) is 45.1 Å². The standard InChI is InChI=1S/C31H32FN3O4S/c1-38-12-11-33-18-22-5-7-26(35-19-22)30-17-27-31(40-30)29(9-10-34-27)39-28-8-6-21(15-25(28)32)14-24(37)16-23(36)13-20-3-2-4-20/h5-10,15,17,19-20,33H,2-4,11-14,16,18H2,1H3. The molecule has 0 unspecified atom stereocenters. The monoisotopic (exact) mass is 561 g/mol. The number of fused-ring (bicyclic) bond motifs is 1. The van der Waals surface area contributed by atoms with Gasteiger partial charge in [0.2, 0.25) is 0 Å². The van der Waals surface area contributed by atoms with Crippen LogP contribution in [0.25, 0.3) is 20.8 Å². The molecule has 0 bridgehead atoms. The Kier molecular flexibility index (Phi) is 9.26. The van der Waals surface area contributed by atoms with E-state index >= 15 is 0 Å². The highest BCUT2D eigenvalue weighted by Crippen LogP contribution is 2.39. The van der Waals surface area contributed by atoms with E-state index in [1.54, 1.807) is 25.4 Å². The second-order valence-electron chi connectivity index (χ2n) is 10.2. The number of aromatic nitrogens is 2. The molecule has 1 fully saturated rings. The molecule has 40 heavy (non-hydrogen) atoms. The van der Waals surface area contributed by atoms with Crippen LogP contribution in [0.4, 0.5) is 4.39 Å². The average molecular weight is 562 g/mol. The van der Waals surface area contributed by atoms with Gasteiger partial charge in [-0.1, -0.05) is 31.4 Å². The molecule has 3 aromatic heterocycles. The molecule has 1 aliphatic rings. The van der Waals surface area contributed by atoms with Crippen molar-refractivity contribution in [1.82, 2.24) is 15.3 Å². The van der Waals surface area contributed by atoms with Gasteiger partial charge in [0, 0.05) is 51.5 Å². The van der Waals surface area contributed by atoms with Crippen LogP contribution in [0.1, 0.15) is 43.2 Å². The number of ketones is 2. The SMILES string of the molecule is COCCNCc1ccc(-c2cc3nccc(Oc4ccc(CC(=O)CC(=O)CC5CCC5)cc4F)c3s2)nc1. The van der Waals surface area contributed by atoms with Gasteiger partial charge in [-0.05, 0) is 41.3 Å². The fraction of sp³-hybridized carbons (Fsp3) is 0.355. The fourth-order valence-electron chi connectivity index (χ4n) is 4.66. The maximum atomic E-state index is 15.0. The number of hydrogen-bond donors (Lipinski definition) is 1. The van der Waals surface area contributed by atoms with Crippen molar-refractivity contribution < 1.29 is 23.5 Å². The van der Waals surface area contributed by atoms with Crippen LogP contribution in [0.5, 0.6) is 11.5 Å². The Morgan fingerprint density at radius 1 is 1.05 bits per heavy atom. The zero-order valence-electron chi connectivity index (χ0n) is 22.5. The highest BCUT2D eigenvalue weighted by Gasteiger charge is 2.22. The van der Waals surface area contributed by atoms with Crippen LogP contribution >= 0.6 is 11.3 Å². The third-order valence-corrected chi connectivity index (χ3v) is 8.18. The highest BCUT2D eigenvalue weighted by molar-refractivity contribution is 7.22. The number of rotatable bonds is 14. The fourth-order valence-corrected chi connectivity index (χ4v) is 5.70. The molecule has 5 rings (SSSR count). The van der Waals surface area contributed by atoms with Crippen LogP contribution in [0.2, 0.25) is 0 Å². The lowest BCUT2D eigenvalue weighted by atomic mass is 9.81. The van der Waals surface area contributed by atoms with E-state index in [4.69, 9.17) is 9.47 Å². The zero-order chi connectivity index (χ0) is 27.9. The number of hydrogen-bond acceptors (Lipinski definition) is 8. The quantitative estimate of drug-likeness (QED) is 0.143. The Morgan fingerprint density at radius 2 is 1.90 bits per heavy atom. The van der Waals surface area contributed by atoms with Crippen LogP contribution in [0.15, 0.2) is 54.9 Å². The van der Waals surface area contributed by atoms with E-state index in [-0.39, 0.29) is 30.2 Å². The summed E-state index contributed by atoms with van der Waals surface area (Å²) in [5, 5.41) is 3.30. The van der Waals surface area contributed by atoms with Crippen molar-refractivity contribution in [2.75, 3.05) is 20.3 Å². The summed E-state index contributed by atoms with van der Waals surface area (Å²) in [7, 11) is 1.67. The van der Waals surface area contributed by atoms with Gasteiger partial charge in [0.15, 0.2) is 11.6 Å². The first-order valence-electron chi connectivity index (χ1n) is 13.5. The van der Waals surface area contributed by atoms with Crippen LogP contribution in [0, 0.1) is 11.7 Å². The Balaban J connectivity index is 1.23. The molecule has 1 saturated carbocycles. The van der Waals surface area contributed by atoms with Crippen molar-refractivity contribution in [3.63, 3.8) is 0 Å². The van der Waals surface area contributed by atoms with Crippen LogP contribution in [0.3, 0.4) is 0 Å². The number of methoxy groups -OCH3 is 1. The molecule has 0 atom stereocenters. The molecule has 0 spiro atoms. The lowest BCUT2D eigenvalue weighted by molar-refractivity contribution is -0.127. The van der Waals surface area contributed by atoms with E-state index in [9.17, 15) is 14.0 Å². The first-order valence-corrected chi connectivity index (χ1v) is 14.3. The van der Waals surface area contributed by atoms with Crippen molar-refractivity contribution >= 4 is 33.1 Å². The van der Waals surface area contributed by atoms with Crippen LogP contribution in [-0.4, -0.2) is 41.8 Å². The van der Waals surface area contributed by atoms with Gasteiger partial charge in [-0.15, -0.1) is 11.3 Å². The Bertz CT molecular complexity index is 1480. The minimum atomic E-state index is -0.566. The van der Waals surface area contributed by atoms with Crippen molar-refractivity contribution in [3.8, 4) is 22.1 Å². The number of ether oxygens (including phenoxy) is 2. The number of halogens is 1. The predicted octanol–water partition coefficient (Wildman–Crippen LogP) is 6.29. The molecule has 3 heterocycles. The van der Waals surface area contributed by atoms with Crippen molar-refractivity contribution in [2.24, 2.45) is 5.92 Å². The molecule has 1 N–H and O–H groups in total. The second-order valence-corrected chi connectivity index (χ2v) is 11.2. The van der Waals surface area contributed by atoms with Gasteiger partial charge in [-0.3, -0.25) is 19.6 Å². The normalized spacial score (nSPS) is 13.3. The van der Waals surface area contributed by atoms with E-state index < -0.39 is 5.82 Å². The lowest BCUT2D eigenvalue weighted by Crippen LogP contribution is -2.18. The number of carbonyl (C=O) groups excluding carboxylic acids is 2. The molecule has 208 valence electrons. The summed E-state index contributed by atoms with van der Waals surface area (Å²) < 4.78 is 26.8. The third kappa shape index (κ3) is 7.15. The lowest BCUT2D eigenvalue weighted by Gasteiger charge is -2.24. The number of nitrogens with zero attached hydrogens (tertiary/aromatic N) is 2. The summed E-state index contributed by atoms with van der Waals surface area (Å²) in [6.07, 6.45) is 7.19. The predicted molar refractivity (Wildman–Crippen MR) is 153 cm³/mol. The van der Waals surface area contributed by atoms with Gasteiger partial charge in [0.25, 0.3) is 0 Å². The van der Waals surface area contributed by atoms with Crippen molar-refractivity contribution in [1.29, 1.82) is 0 Å². The Morgan fingerprint density at radius 3 is 2.62 bits per heavy atom. The first kappa shape index (κ1) is 28.0. The molecular weight excluding hydrogens is 529 g/mol. The summed E-state index contributed by atoms with van der Waals surface area (Å²) in [5.41, 5.74) is 3.15. The average Bonchev–Trinajstić information content (AvgIpc) is 3.36. The number of Topliss-reactive ketones (excluding diaryl/α,β-unsaturated/α-hetero) is 2. The second kappa shape index (κ2) is 13.2. The topological polar surface area (TPSA) is 90.4 Å². The number of carbonyl (C=O) groups is 2. The molecule has 1 aliphatic carbocycles. The van der Waals surface area contributed by atoms with Gasteiger partial charge in [-0.25, -0.2) is 4.39 Å². The third-order valence-electron chi connectivity index (χ3n) is 7.02. The number of pyridine rings is 2. The van der Waals surface area contributed by atoms with Crippen LogP contribution < -0.4 is 10.1 Å². The van der Waals surface area contributed by atoms with Gasteiger partial charge in [0.1, 0.15) is 17.3 Å². The summed E-state index contributed by atoms with van der Waals surface area (Å²) >= 11 is 1.48. The molecule has 4 aromatic rings. The summed E-state index contributed by atoms with van der Waals surface area (Å²) in [6.45, 7) is 2.13. The van der Waals surface area contributed by atoms with E-state index in [1.807, 2.05) is 24.4 Å². The molecule has 0 radical (unpaired) electrons. The zero-order valence-corrected chi connectivity index (χ0v) is 23.3. The molecule has 0 amide bonds. The number of thiophene rings is 1. The molecule has 0 aliphatic heterocycles. The first-order chi connectivity index (χ1) is 19.5. The van der Waals surface area contributed by atoms with Gasteiger partial charge in [-0.2, -0.15) is 0 Å². The highest BCUT2D eigenvalue weighted by atomic mass is 32.1. The smallest absolute Gasteiger partial charge is 0.166 e. The van der Waals surface area contributed by atoms with E-state index in [1.165, 1.54) is 23.5 Å². The Hall–Kier alpha value is -3.53. The number of nitrogens with one attached hydrogen (secondary N) is 1. The summed E-state index contributed by atoms with van der Waals surface area (Å²) in [6, 6.07) is 12.1. The van der Waals surface area contributed by atoms with Gasteiger partial charge < -0.3 is 14.8 Å². The van der Waals surface area contributed by atoms with E-state index in [2.05, 4.69) is 15.3 Å².